The molecule has 1 aliphatic rings. The highest BCUT2D eigenvalue weighted by molar-refractivity contribution is 6.22. The molecular formula is C15H14N4O5. The van der Waals surface area contributed by atoms with Gasteiger partial charge in [-0.05, 0) is 19.9 Å². The second-order valence-electron chi connectivity index (χ2n) is 5.81. The van der Waals surface area contributed by atoms with E-state index in [1.807, 2.05) is 6.07 Å². The van der Waals surface area contributed by atoms with E-state index in [2.05, 4.69) is 0 Å². The minimum Gasteiger partial charge on any atom is -0.326 e. The predicted octanol–water partition coefficient (Wildman–Crippen LogP) is 0.951. The molecule has 0 spiro atoms. The number of amides is 3. The van der Waals surface area contributed by atoms with Crippen LogP contribution in [0.4, 0.5) is 5.69 Å². The summed E-state index contributed by atoms with van der Waals surface area (Å²) < 4.78 is 0. The molecule has 0 saturated carbocycles. The maximum atomic E-state index is 12.3. The summed E-state index contributed by atoms with van der Waals surface area (Å²) >= 11 is 0. The fraction of sp³-hybridized carbons (Fsp3) is 0.333. The number of fused-ring (bicyclic) bond motifs is 1. The molecule has 0 aromatic heterocycles. The zero-order valence-electron chi connectivity index (χ0n) is 13.3. The standard InChI is InChI=1S/C15H14N4O5/c1-15(2,8-16)17(3)12(20)7-18-13(21)10-5-4-9(19(23)24)6-11(10)14(18)22/h4-6H,7H2,1-3H3. The first-order valence-corrected chi connectivity index (χ1v) is 6.92. The third kappa shape index (κ3) is 2.69. The van der Waals surface area contributed by atoms with Gasteiger partial charge in [-0.2, -0.15) is 5.26 Å². The number of benzene rings is 1. The first-order valence-electron chi connectivity index (χ1n) is 6.92. The number of non-ortho nitro benzene ring substituents is 1. The van der Waals surface area contributed by atoms with E-state index in [0.29, 0.717) is 0 Å². The van der Waals surface area contributed by atoms with E-state index in [0.717, 1.165) is 21.9 Å². The molecule has 0 fully saturated rings. The maximum Gasteiger partial charge on any atom is 0.270 e. The van der Waals surface area contributed by atoms with Crippen LogP contribution in [-0.2, 0) is 4.79 Å². The van der Waals surface area contributed by atoms with Gasteiger partial charge in [-0.25, -0.2) is 0 Å². The topological polar surface area (TPSA) is 125 Å². The molecule has 0 N–H and O–H groups in total. The number of carbonyl (C=O) groups is 3. The lowest BCUT2D eigenvalue weighted by atomic mass is 10.1. The molecule has 1 aliphatic heterocycles. The van der Waals surface area contributed by atoms with Crippen molar-refractivity contribution in [2.24, 2.45) is 0 Å². The van der Waals surface area contributed by atoms with E-state index < -0.39 is 34.7 Å². The van der Waals surface area contributed by atoms with Crippen LogP contribution in [0.3, 0.4) is 0 Å². The summed E-state index contributed by atoms with van der Waals surface area (Å²) in [4.78, 5) is 48.8. The molecule has 9 nitrogen and oxygen atoms in total. The maximum absolute atomic E-state index is 12.3. The monoisotopic (exact) mass is 330 g/mol. The lowest BCUT2D eigenvalue weighted by Crippen LogP contribution is -2.49. The first-order chi connectivity index (χ1) is 11.1. The second-order valence-corrected chi connectivity index (χ2v) is 5.81. The number of carbonyl (C=O) groups excluding carboxylic acids is 3. The Morgan fingerprint density at radius 2 is 1.92 bits per heavy atom. The predicted molar refractivity (Wildman–Crippen MR) is 80.9 cm³/mol. The number of likely N-dealkylation sites (N-methyl/N-ethyl adjacent to an activating group) is 1. The van der Waals surface area contributed by atoms with E-state index in [1.165, 1.54) is 27.0 Å². The van der Waals surface area contributed by atoms with Crippen molar-refractivity contribution in [1.29, 1.82) is 5.26 Å². The second kappa shape index (κ2) is 5.73. The molecule has 3 amide bonds. The summed E-state index contributed by atoms with van der Waals surface area (Å²) in [5, 5.41) is 19.8. The largest absolute Gasteiger partial charge is 0.326 e. The van der Waals surface area contributed by atoms with Gasteiger partial charge in [0.1, 0.15) is 12.1 Å². The molecule has 1 aromatic carbocycles. The number of imide groups is 1. The highest BCUT2D eigenvalue weighted by Crippen LogP contribution is 2.27. The van der Waals surface area contributed by atoms with Crippen LogP contribution >= 0.6 is 0 Å². The molecule has 124 valence electrons. The lowest BCUT2D eigenvalue weighted by Gasteiger charge is -2.30. The number of hydrogen-bond donors (Lipinski definition) is 0. The summed E-state index contributed by atoms with van der Waals surface area (Å²) in [5.41, 5.74) is -1.51. The van der Waals surface area contributed by atoms with Gasteiger partial charge in [-0.1, -0.05) is 0 Å². The molecule has 0 aliphatic carbocycles. The normalized spacial score (nSPS) is 13.5. The van der Waals surface area contributed by atoms with E-state index in [1.54, 1.807) is 0 Å². The Kier molecular flexibility index (Phi) is 4.08. The van der Waals surface area contributed by atoms with Crippen LogP contribution in [0.2, 0.25) is 0 Å². The number of rotatable bonds is 4. The van der Waals surface area contributed by atoms with Crippen molar-refractivity contribution in [3.8, 4) is 6.07 Å². The van der Waals surface area contributed by atoms with Gasteiger partial charge in [-0.3, -0.25) is 29.4 Å². The van der Waals surface area contributed by atoms with E-state index in [4.69, 9.17) is 5.26 Å². The van der Waals surface area contributed by atoms with Gasteiger partial charge in [0.05, 0.1) is 22.1 Å². The summed E-state index contributed by atoms with van der Waals surface area (Å²) in [6.07, 6.45) is 0. The van der Waals surface area contributed by atoms with Crippen LogP contribution in [0.1, 0.15) is 34.6 Å². The van der Waals surface area contributed by atoms with Crippen molar-refractivity contribution in [3.63, 3.8) is 0 Å². The van der Waals surface area contributed by atoms with Gasteiger partial charge >= 0.3 is 0 Å². The quantitative estimate of drug-likeness (QED) is 0.460. The smallest absolute Gasteiger partial charge is 0.270 e. The van der Waals surface area contributed by atoms with Crippen LogP contribution < -0.4 is 0 Å². The van der Waals surface area contributed by atoms with Crippen molar-refractivity contribution < 1.29 is 19.3 Å². The van der Waals surface area contributed by atoms with Crippen LogP contribution in [0.15, 0.2) is 18.2 Å². The lowest BCUT2D eigenvalue weighted by molar-refractivity contribution is -0.384. The number of nitrogens with zero attached hydrogens (tertiary/aromatic N) is 4. The molecule has 2 rings (SSSR count). The van der Waals surface area contributed by atoms with Crippen LogP contribution in [0.5, 0.6) is 0 Å². The van der Waals surface area contributed by atoms with Gasteiger partial charge in [-0.15, -0.1) is 0 Å². The Morgan fingerprint density at radius 3 is 2.46 bits per heavy atom. The Morgan fingerprint density at radius 1 is 1.33 bits per heavy atom. The zero-order chi connectivity index (χ0) is 18.2. The molecule has 0 radical (unpaired) electrons. The number of nitriles is 1. The summed E-state index contributed by atoms with van der Waals surface area (Å²) in [5.74, 6) is -2.05. The van der Waals surface area contributed by atoms with Gasteiger partial charge in [0.25, 0.3) is 17.5 Å². The van der Waals surface area contributed by atoms with Crippen molar-refractivity contribution in [3.05, 3.63) is 39.4 Å². The molecule has 24 heavy (non-hydrogen) atoms. The third-order valence-electron chi connectivity index (χ3n) is 3.94. The van der Waals surface area contributed by atoms with Crippen molar-refractivity contribution >= 4 is 23.4 Å². The Labute approximate surface area is 137 Å². The Balaban J connectivity index is 2.27. The number of hydrogen-bond acceptors (Lipinski definition) is 6. The van der Waals surface area contributed by atoms with Crippen LogP contribution in [-0.4, -0.2) is 51.6 Å². The van der Waals surface area contributed by atoms with Crippen molar-refractivity contribution in [2.45, 2.75) is 19.4 Å². The van der Waals surface area contributed by atoms with Crippen molar-refractivity contribution in [1.82, 2.24) is 9.80 Å². The highest BCUT2D eigenvalue weighted by Gasteiger charge is 2.39. The molecule has 1 heterocycles. The molecule has 0 bridgehead atoms. The summed E-state index contributed by atoms with van der Waals surface area (Å²) in [6.45, 7) is 2.51. The molecule has 9 heteroatoms. The number of nitro benzene ring substituents is 1. The first kappa shape index (κ1) is 17.1. The highest BCUT2D eigenvalue weighted by atomic mass is 16.6. The molecule has 0 unspecified atom stereocenters. The van der Waals surface area contributed by atoms with Crippen LogP contribution in [0, 0.1) is 21.4 Å². The average molecular weight is 330 g/mol. The number of nitro groups is 1. The summed E-state index contributed by atoms with van der Waals surface area (Å²) in [6, 6.07) is 5.29. The van der Waals surface area contributed by atoms with E-state index in [9.17, 15) is 24.5 Å². The van der Waals surface area contributed by atoms with Gasteiger partial charge in [0.15, 0.2) is 0 Å². The average Bonchev–Trinajstić information content (AvgIpc) is 2.78. The molecule has 1 aromatic rings. The third-order valence-corrected chi connectivity index (χ3v) is 3.94. The van der Waals surface area contributed by atoms with Gasteiger partial charge in [0, 0.05) is 19.2 Å². The fourth-order valence-corrected chi connectivity index (χ4v) is 2.16. The fourth-order valence-electron chi connectivity index (χ4n) is 2.16. The van der Waals surface area contributed by atoms with E-state index >= 15 is 0 Å². The molecule has 0 atom stereocenters. The molecular weight excluding hydrogens is 316 g/mol. The zero-order valence-corrected chi connectivity index (χ0v) is 13.3. The Bertz CT molecular complexity index is 809. The minimum atomic E-state index is -1.10. The minimum absolute atomic E-state index is 0.0144. The van der Waals surface area contributed by atoms with Gasteiger partial charge < -0.3 is 4.90 Å². The molecule has 0 saturated heterocycles. The van der Waals surface area contributed by atoms with Crippen molar-refractivity contribution in [2.75, 3.05) is 13.6 Å². The van der Waals surface area contributed by atoms with Crippen LogP contribution in [0.25, 0.3) is 0 Å². The SMILES string of the molecule is CN(C(=O)CN1C(=O)c2ccc([N+](=O)[O-])cc2C1=O)C(C)(C)C#N. The van der Waals surface area contributed by atoms with Gasteiger partial charge in [0.2, 0.25) is 5.91 Å². The van der Waals surface area contributed by atoms with E-state index in [-0.39, 0.29) is 16.8 Å². The Hall–Kier alpha value is -3.28. The summed E-state index contributed by atoms with van der Waals surface area (Å²) in [7, 11) is 1.40.